The highest BCUT2D eigenvalue weighted by atomic mass is 19.2. The zero-order valence-corrected chi connectivity index (χ0v) is 15.5. The van der Waals surface area contributed by atoms with Crippen LogP contribution in [0.3, 0.4) is 0 Å². The number of nitrogens with one attached hydrogen (secondary N) is 1. The maximum absolute atomic E-state index is 13.7. The predicted molar refractivity (Wildman–Crippen MR) is 102 cm³/mol. The highest BCUT2D eigenvalue weighted by Crippen LogP contribution is 2.20. The molecule has 5 nitrogen and oxygen atoms in total. The van der Waals surface area contributed by atoms with E-state index in [1.165, 1.54) is 5.56 Å². The van der Waals surface area contributed by atoms with Crippen LogP contribution in [0.25, 0.3) is 0 Å². The van der Waals surface area contributed by atoms with E-state index >= 15 is 0 Å². The zero-order valence-electron chi connectivity index (χ0n) is 15.5. The van der Waals surface area contributed by atoms with Crippen molar-refractivity contribution in [1.29, 1.82) is 5.26 Å². The number of halogens is 3. The van der Waals surface area contributed by atoms with E-state index in [1.807, 2.05) is 30.3 Å². The first-order valence-electron chi connectivity index (χ1n) is 9.05. The van der Waals surface area contributed by atoms with Gasteiger partial charge in [-0.25, -0.2) is 13.2 Å². The van der Waals surface area contributed by atoms with Crippen molar-refractivity contribution in [3.8, 4) is 6.07 Å². The van der Waals surface area contributed by atoms with Crippen molar-refractivity contribution in [2.24, 2.45) is 0 Å². The van der Waals surface area contributed by atoms with E-state index in [0.29, 0.717) is 26.2 Å². The maximum atomic E-state index is 13.7. The first-order chi connectivity index (χ1) is 14.0. The number of rotatable bonds is 5. The number of carbonyl (C=O) groups is 1. The maximum Gasteiger partial charge on any atom is 0.266 e. The van der Waals surface area contributed by atoms with Crippen LogP contribution >= 0.6 is 0 Å². The van der Waals surface area contributed by atoms with Gasteiger partial charge in [0.2, 0.25) is 0 Å². The molecule has 0 unspecified atom stereocenters. The molecule has 1 N–H and O–H groups in total. The van der Waals surface area contributed by atoms with Gasteiger partial charge in [-0.1, -0.05) is 30.3 Å². The number of carbonyl (C=O) groups excluding carboxylic acids is 1. The average molecular weight is 400 g/mol. The lowest BCUT2D eigenvalue weighted by atomic mass is 10.2. The van der Waals surface area contributed by atoms with Crippen molar-refractivity contribution >= 4 is 11.6 Å². The number of nitrogens with zero attached hydrogens (tertiary/aromatic N) is 3. The molecule has 0 spiro atoms. The van der Waals surface area contributed by atoms with Gasteiger partial charge in [0.05, 0.1) is 5.69 Å². The number of anilines is 1. The van der Waals surface area contributed by atoms with E-state index in [9.17, 15) is 23.2 Å². The van der Waals surface area contributed by atoms with Crippen LogP contribution in [0.5, 0.6) is 0 Å². The lowest BCUT2D eigenvalue weighted by Gasteiger charge is -2.34. The smallest absolute Gasteiger partial charge is 0.266 e. The molecule has 0 radical (unpaired) electrons. The highest BCUT2D eigenvalue weighted by Gasteiger charge is 2.24. The first-order valence-corrected chi connectivity index (χ1v) is 9.05. The third-order valence-corrected chi connectivity index (χ3v) is 4.67. The molecular formula is C21H19F3N4O. The van der Waals surface area contributed by atoms with E-state index in [2.05, 4.69) is 10.2 Å². The van der Waals surface area contributed by atoms with Crippen LogP contribution < -0.4 is 5.32 Å². The van der Waals surface area contributed by atoms with E-state index in [-0.39, 0.29) is 11.3 Å². The molecular weight excluding hydrogens is 381 g/mol. The quantitative estimate of drug-likeness (QED) is 0.476. The topological polar surface area (TPSA) is 59.4 Å². The van der Waals surface area contributed by atoms with Gasteiger partial charge in [-0.15, -0.1) is 0 Å². The molecule has 1 fully saturated rings. The third-order valence-electron chi connectivity index (χ3n) is 4.67. The molecule has 2 aromatic carbocycles. The monoisotopic (exact) mass is 400 g/mol. The lowest BCUT2D eigenvalue weighted by molar-refractivity contribution is -0.128. The Morgan fingerprint density at radius 1 is 1.03 bits per heavy atom. The van der Waals surface area contributed by atoms with Gasteiger partial charge >= 0.3 is 0 Å². The molecule has 150 valence electrons. The molecule has 8 heteroatoms. The van der Waals surface area contributed by atoms with Gasteiger partial charge in [0, 0.05) is 38.9 Å². The summed E-state index contributed by atoms with van der Waals surface area (Å²) in [5, 5.41) is 11.6. The minimum absolute atomic E-state index is 0.245. The number of nitriles is 1. The van der Waals surface area contributed by atoms with Gasteiger partial charge in [-0.3, -0.25) is 9.69 Å². The summed E-state index contributed by atoms with van der Waals surface area (Å²) >= 11 is 0. The Kier molecular flexibility index (Phi) is 6.52. The summed E-state index contributed by atoms with van der Waals surface area (Å²) in [6.07, 6.45) is 1.01. The van der Waals surface area contributed by atoms with Crippen LogP contribution in [0, 0.1) is 28.8 Å². The van der Waals surface area contributed by atoms with Crippen molar-refractivity contribution in [1.82, 2.24) is 9.80 Å². The fourth-order valence-electron chi connectivity index (χ4n) is 3.05. The summed E-state index contributed by atoms with van der Waals surface area (Å²) in [5.41, 5.74) is 0.574. The van der Waals surface area contributed by atoms with E-state index in [1.54, 1.807) is 11.0 Å². The minimum atomic E-state index is -1.62. The molecule has 0 aliphatic carbocycles. The molecule has 0 bridgehead atoms. The normalized spacial score (nSPS) is 15.1. The van der Waals surface area contributed by atoms with Gasteiger partial charge in [-0.05, 0) is 17.7 Å². The number of amides is 1. The molecule has 0 atom stereocenters. The molecule has 0 aromatic heterocycles. The van der Waals surface area contributed by atoms with Gasteiger partial charge in [0.15, 0.2) is 17.5 Å². The zero-order chi connectivity index (χ0) is 20.8. The Balaban J connectivity index is 1.60. The largest absolute Gasteiger partial charge is 0.358 e. The van der Waals surface area contributed by atoms with Crippen LogP contribution in [0.1, 0.15) is 5.56 Å². The summed E-state index contributed by atoms with van der Waals surface area (Å²) < 4.78 is 40.0. The first kappa shape index (κ1) is 20.4. The Labute approximate surface area is 166 Å². The highest BCUT2D eigenvalue weighted by molar-refractivity contribution is 5.97. The summed E-state index contributed by atoms with van der Waals surface area (Å²) in [7, 11) is 0. The van der Waals surface area contributed by atoms with Crippen molar-refractivity contribution in [3.05, 3.63) is 77.3 Å². The second-order valence-corrected chi connectivity index (χ2v) is 6.59. The molecule has 0 saturated carbocycles. The standard InChI is InChI=1S/C21H19F3N4O/c22-17-6-7-18(20(24)19(17)23)26-13-16(12-25)21(29)28-10-8-27(9-11-28)14-15-4-2-1-3-5-15/h1-7,13,26H,8-11,14H2/b16-13-. The number of piperazine rings is 1. The molecule has 1 amide bonds. The Morgan fingerprint density at radius 2 is 1.72 bits per heavy atom. The van der Waals surface area contributed by atoms with Crippen molar-refractivity contribution < 1.29 is 18.0 Å². The van der Waals surface area contributed by atoms with Crippen LogP contribution in [0.15, 0.2) is 54.2 Å². The molecule has 1 aliphatic heterocycles. The Hall–Kier alpha value is -3.31. The van der Waals surface area contributed by atoms with Gasteiger partial charge in [-0.2, -0.15) is 5.26 Å². The Morgan fingerprint density at radius 3 is 2.38 bits per heavy atom. The summed E-state index contributed by atoms with van der Waals surface area (Å²) in [4.78, 5) is 16.3. The average Bonchev–Trinajstić information content (AvgIpc) is 2.75. The molecule has 2 aromatic rings. The third kappa shape index (κ3) is 4.95. The van der Waals surface area contributed by atoms with Gasteiger partial charge in [0.25, 0.3) is 5.91 Å². The second kappa shape index (κ2) is 9.26. The number of benzene rings is 2. The molecule has 29 heavy (non-hydrogen) atoms. The van der Waals surface area contributed by atoms with Crippen molar-refractivity contribution in [2.75, 3.05) is 31.5 Å². The van der Waals surface area contributed by atoms with Crippen LogP contribution in [0.4, 0.5) is 18.9 Å². The summed E-state index contributed by atoms with van der Waals surface area (Å²) in [6.45, 7) is 2.99. The van der Waals surface area contributed by atoms with Crippen molar-refractivity contribution in [3.63, 3.8) is 0 Å². The van der Waals surface area contributed by atoms with Gasteiger partial charge < -0.3 is 10.2 Å². The predicted octanol–water partition coefficient (Wildman–Crippen LogP) is 3.27. The van der Waals surface area contributed by atoms with Crippen LogP contribution in [-0.4, -0.2) is 41.9 Å². The molecule has 1 heterocycles. The summed E-state index contributed by atoms with van der Waals surface area (Å²) in [6, 6.07) is 13.5. The number of hydrogen-bond donors (Lipinski definition) is 1. The van der Waals surface area contributed by atoms with E-state index in [0.717, 1.165) is 24.9 Å². The lowest BCUT2D eigenvalue weighted by Crippen LogP contribution is -2.48. The van der Waals surface area contributed by atoms with Crippen LogP contribution in [0.2, 0.25) is 0 Å². The number of hydrogen-bond acceptors (Lipinski definition) is 4. The molecule has 1 saturated heterocycles. The fourth-order valence-corrected chi connectivity index (χ4v) is 3.05. The van der Waals surface area contributed by atoms with Crippen LogP contribution in [-0.2, 0) is 11.3 Å². The fraction of sp³-hybridized carbons (Fsp3) is 0.238. The molecule has 1 aliphatic rings. The van der Waals surface area contributed by atoms with Gasteiger partial charge in [0.1, 0.15) is 11.6 Å². The Bertz CT molecular complexity index is 948. The molecule has 3 rings (SSSR count). The van der Waals surface area contributed by atoms with Crippen molar-refractivity contribution in [2.45, 2.75) is 6.54 Å². The SMILES string of the molecule is N#C/C(=C/Nc1ccc(F)c(F)c1F)C(=O)N1CCN(Cc2ccccc2)CC1. The van der Waals surface area contributed by atoms with E-state index in [4.69, 9.17) is 0 Å². The second-order valence-electron chi connectivity index (χ2n) is 6.59. The van der Waals surface area contributed by atoms with E-state index < -0.39 is 23.4 Å². The minimum Gasteiger partial charge on any atom is -0.358 e. The summed E-state index contributed by atoms with van der Waals surface area (Å²) in [5.74, 6) is -4.85.